The second kappa shape index (κ2) is 6.85. The Hall–Kier alpha value is -3.19. The fourth-order valence-electron chi connectivity index (χ4n) is 2.95. The molecule has 27 heavy (non-hydrogen) atoms. The van der Waals surface area contributed by atoms with Crippen molar-refractivity contribution in [2.24, 2.45) is 0 Å². The van der Waals surface area contributed by atoms with Gasteiger partial charge in [-0.05, 0) is 36.3 Å². The van der Waals surface area contributed by atoms with Crippen LogP contribution >= 0.6 is 11.3 Å². The van der Waals surface area contributed by atoms with Gasteiger partial charge in [0.2, 0.25) is 4.96 Å². The third-order valence-electron chi connectivity index (χ3n) is 4.34. The molecule has 136 valence electrons. The molecule has 4 aromatic rings. The minimum atomic E-state index is -0.131. The number of methoxy groups -OCH3 is 2. The van der Waals surface area contributed by atoms with E-state index in [4.69, 9.17) is 9.47 Å². The number of hydrogen-bond donors (Lipinski definition) is 0. The van der Waals surface area contributed by atoms with Crippen LogP contribution in [0.25, 0.3) is 22.4 Å². The van der Waals surface area contributed by atoms with Crippen LogP contribution in [0, 0.1) is 6.92 Å². The van der Waals surface area contributed by atoms with Gasteiger partial charge in [-0.25, -0.2) is 4.40 Å². The molecule has 0 saturated carbocycles. The van der Waals surface area contributed by atoms with E-state index in [9.17, 15) is 4.79 Å². The van der Waals surface area contributed by atoms with Gasteiger partial charge in [0, 0.05) is 5.56 Å². The number of aryl methyl sites for hydroxylation is 1. The van der Waals surface area contributed by atoms with Crippen molar-refractivity contribution in [3.63, 3.8) is 0 Å². The summed E-state index contributed by atoms with van der Waals surface area (Å²) >= 11 is 1.31. The van der Waals surface area contributed by atoms with Gasteiger partial charge < -0.3 is 9.47 Å². The standard InChI is InChI=1S/C20H17N3O3S/c1-12-6-4-5-7-14(12)18-21-22-20-23(18)19(24)17(27-20)11-13-8-9-15(25-2)16(10-13)26-3/h4-11H,1-3H3/b17-11+. The highest BCUT2D eigenvalue weighted by atomic mass is 32.1. The molecule has 0 unspecified atom stereocenters. The molecule has 0 spiro atoms. The summed E-state index contributed by atoms with van der Waals surface area (Å²) in [5.41, 5.74) is 2.66. The zero-order valence-corrected chi connectivity index (χ0v) is 15.9. The van der Waals surface area contributed by atoms with E-state index in [-0.39, 0.29) is 5.56 Å². The molecule has 2 aromatic heterocycles. The fraction of sp³-hybridized carbons (Fsp3) is 0.150. The SMILES string of the molecule is COc1ccc(/C=c2/sc3nnc(-c4ccccc4C)n3c2=O)cc1OC. The maximum absolute atomic E-state index is 13.0. The molecular weight excluding hydrogens is 362 g/mol. The van der Waals surface area contributed by atoms with Crippen molar-refractivity contribution in [2.45, 2.75) is 6.92 Å². The lowest BCUT2D eigenvalue weighted by molar-refractivity contribution is 0.355. The maximum Gasteiger partial charge on any atom is 0.276 e. The van der Waals surface area contributed by atoms with Crippen molar-refractivity contribution in [2.75, 3.05) is 14.2 Å². The summed E-state index contributed by atoms with van der Waals surface area (Å²) < 4.78 is 12.7. The molecule has 0 aliphatic rings. The Labute approximate surface area is 159 Å². The first kappa shape index (κ1) is 17.2. The molecule has 7 heteroatoms. The first-order valence-corrected chi connectivity index (χ1v) is 9.11. The van der Waals surface area contributed by atoms with Crippen molar-refractivity contribution in [1.82, 2.24) is 14.6 Å². The van der Waals surface area contributed by atoms with Crippen LogP contribution in [0.2, 0.25) is 0 Å². The number of aromatic nitrogens is 3. The van der Waals surface area contributed by atoms with Crippen molar-refractivity contribution in [3.8, 4) is 22.9 Å². The van der Waals surface area contributed by atoms with Crippen LogP contribution in [0.15, 0.2) is 47.3 Å². The van der Waals surface area contributed by atoms with Crippen LogP contribution in [0.1, 0.15) is 11.1 Å². The Balaban J connectivity index is 1.88. The number of nitrogens with zero attached hydrogens (tertiary/aromatic N) is 3. The summed E-state index contributed by atoms with van der Waals surface area (Å²) in [6.45, 7) is 1.99. The van der Waals surface area contributed by atoms with Gasteiger partial charge in [0.1, 0.15) is 0 Å². The molecule has 0 aliphatic carbocycles. The Kier molecular flexibility index (Phi) is 4.37. The summed E-state index contributed by atoms with van der Waals surface area (Å²) in [5, 5.41) is 8.41. The van der Waals surface area contributed by atoms with Crippen LogP contribution in [-0.2, 0) is 0 Å². The van der Waals surface area contributed by atoms with Crippen LogP contribution in [0.3, 0.4) is 0 Å². The zero-order chi connectivity index (χ0) is 19.0. The molecule has 0 atom stereocenters. The Bertz CT molecular complexity index is 1240. The van der Waals surface area contributed by atoms with Gasteiger partial charge >= 0.3 is 0 Å². The van der Waals surface area contributed by atoms with Crippen LogP contribution < -0.4 is 19.6 Å². The van der Waals surface area contributed by atoms with Gasteiger partial charge in [-0.3, -0.25) is 4.79 Å². The van der Waals surface area contributed by atoms with E-state index < -0.39 is 0 Å². The molecule has 4 rings (SSSR count). The topological polar surface area (TPSA) is 65.7 Å². The molecule has 2 heterocycles. The molecule has 0 amide bonds. The molecule has 0 saturated heterocycles. The Morgan fingerprint density at radius 1 is 1.04 bits per heavy atom. The first-order chi connectivity index (χ1) is 13.1. The van der Waals surface area contributed by atoms with E-state index in [0.29, 0.717) is 26.8 Å². The van der Waals surface area contributed by atoms with Gasteiger partial charge in [-0.2, -0.15) is 0 Å². The summed E-state index contributed by atoms with van der Waals surface area (Å²) in [4.78, 5) is 13.6. The predicted octanol–water partition coefficient (Wildman–Crippen LogP) is 2.69. The fourth-order valence-corrected chi connectivity index (χ4v) is 3.87. The van der Waals surface area contributed by atoms with E-state index in [1.54, 1.807) is 18.6 Å². The normalized spacial score (nSPS) is 11.9. The Morgan fingerprint density at radius 2 is 1.81 bits per heavy atom. The van der Waals surface area contributed by atoms with Crippen molar-refractivity contribution in [1.29, 1.82) is 0 Å². The van der Waals surface area contributed by atoms with E-state index in [2.05, 4.69) is 10.2 Å². The molecule has 0 radical (unpaired) electrons. The van der Waals surface area contributed by atoms with Crippen molar-refractivity contribution < 1.29 is 9.47 Å². The van der Waals surface area contributed by atoms with E-state index in [1.807, 2.05) is 55.5 Å². The molecule has 2 aromatic carbocycles. The number of thiazole rings is 1. The molecular formula is C20H17N3O3S. The summed E-state index contributed by atoms with van der Waals surface area (Å²) in [7, 11) is 3.17. The molecule has 0 bridgehead atoms. The van der Waals surface area contributed by atoms with Crippen LogP contribution in [0.5, 0.6) is 11.5 Å². The number of benzene rings is 2. The van der Waals surface area contributed by atoms with E-state index >= 15 is 0 Å². The maximum atomic E-state index is 13.0. The largest absolute Gasteiger partial charge is 0.493 e. The van der Waals surface area contributed by atoms with E-state index in [1.165, 1.54) is 11.3 Å². The number of ether oxygens (including phenoxy) is 2. The second-order valence-electron chi connectivity index (χ2n) is 5.99. The molecule has 0 fully saturated rings. The van der Waals surface area contributed by atoms with Gasteiger partial charge in [0.15, 0.2) is 17.3 Å². The second-order valence-corrected chi connectivity index (χ2v) is 7.00. The predicted molar refractivity (Wildman–Crippen MR) is 106 cm³/mol. The van der Waals surface area contributed by atoms with Crippen LogP contribution in [-0.4, -0.2) is 28.8 Å². The van der Waals surface area contributed by atoms with Gasteiger partial charge in [0.25, 0.3) is 5.56 Å². The quantitative estimate of drug-likeness (QED) is 0.545. The average Bonchev–Trinajstić information content (AvgIpc) is 3.22. The first-order valence-electron chi connectivity index (χ1n) is 8.30. The van der Waals surface area contributed by atoms with Crippen molar-refractivity contribution in [3.05, 3.63) is 68.5 Å². The zero-order valence-electron chi connectivity index (χ0n) is 15.1. The number of fused-ring (bicyclic) bond motifs is 1. The molecule has 0 aliphatic heterocycles. The smallest absolute Gasteiger partial charge is 0.276 e. The monoisotopic (exact) mass is 379 g/mol. The summed E-state index contributed by atoms with van der Waals surface area (Å²) in [6, 6.07) is 13.3. The molecule has 0 N–H and O–H groups in total. The average molecular weight is 379 g/mol. The Morgan fingerprint density at radius 3 is 2.56 bits per heavy atom. The molecule has 6 nitrogen and oxygen atoms in total. The highest BCUT2D eigenvalue weighted by molar-refractivity contribution is 7.15. The number of hydrogen-bond acceptors (Lipinski definition) is 6. The minimum absolute atomic E-state index is 0.131. The highest BCUT2D eigenvalue weighted by Gasteiger charge is 2.15. The van der Waals surface area contributed by atoms with Crippen molar-refractivity contribution >= 4 is 22.4 Å². The third kappa shape index (κ3) is 2.96. The highest BCUT2D eigenvalue weighted by Crippen LogP contribution is 2.28. The summed E-state index contributed by atoms with van der Waals surface area (Å²) in [6.07, 6.45) is 1.82. The lowest BCUT2D eigenvalue weighted by Gasteiger charge is -2.07. The van der Waals surface area contributed by atoms with Gasteiger partial charge in [-0.15, -0.1) is 10.2 Å². The minimum Gasteiger partial charge on any atom is -0.493 e. The lowest BCUT2D eigenvalue weighted by atomic mass is 10.1. The number of rotatable bonds is 4. The van der Waals surface area contributed by atoms with E-state index in [0.717, 1.165) is 16.7 Å². The van der Waals surface area contributed by atoms with Crippen LogP contribution in [0.4, 0.5) is 0 Å². The summed E-state index contributed by atoms with van der Waals surface area (Å²) in [5.74, 6) is 1.82. The van der Waals surface area contributed by atoms with Gasteiger partial charge in [0.05, 0.1) is 18.8 Å². The third-order valence-corrected chi connectivity index (χ3v) is 5.30. The van der Waals surface area contributed by atoms with Gasteiger partial charge in [-0.1, -0.05) is 41.7 Å². The lowest BCUT2D eigenvalue weighted by Crippen LogP contribution is -2.23.